The lowest BCUT2D eigenvalue weighted by atomic mass is 9.46. The maximum absolute atomic E-state index is 11.1. The zero-order valence-electron chi connectivity index (χ0n) is 15.2. The summed E-state index contributed by atoms with van der Waals surface area (Å²) in [5.41, 5.74) is 1.99. The summed E-state index contributed by atoms with van der Waals surface area (Å²) in [7, 11) is 0. The number of rotatable bonds is 0. The van der Waals surface area contributed by atoms with Gasteiger partial charge in [0.05, 0.1) is 6.20 Å². The van der Waals surface area contributed by atoms with Gasteiger partial charge < -0.3 is 9.63 Å². The van der Waals surface area contributed by atoms with Crippen LogP contribution in [0.5, 0.6) is 0 Å². The quantitative estimate of drug-likeness (QED) is 0.721. The maximum atomic E-state index is 11.1. The molecule has 1 heterocycles. The van der Waals surface area contributed by atoms with Crippen molar-refractivity contribution in [2.75, 3.05) is 0 Å². The molecule has 2 unspecified atom stereocenters. The Morgan fingerprint density at radius 1 is 1.24 bits per heavy atom. The Kier molecular flexibility index (Phi) is 3.01. The number of hydrogen-bond acceptors (Lipinski definition) is 3. The molecule has 0 aromatic carbocycles. The standard InChI is InChI=1S/C22H27NO2/c1-4-22(24)10-8-18-16-6-5-15-11-19-14(13-23-25-19)12-20(15,2)17(16)7-9-21(18,22)3/h1,11,13,16-18,24H,5-10,12H2,2-3H3/t16-,17+,18+,20?,21?,22+/m1/s1. The summed E-state index contributed by atoms with van der Waals surface area (Å²) >= 11 is 0. The first-order valence-electron chi connectivity index (χ1n) is 9.76. The van der Waals surface area contributed by atoms with Crippen LogP contribution in [0.2, 0.25) is 0 Å². The first-order valence-corrected chi connectivity index (χ1v) is 9.76. The molecule has 1 aromatic rings. The molecule has 6 atom stereocenters. The largest absolute Gasteiger partial charge is 0.377 e. The number of allylic oxidation sites excluding steroid dienone is 1. The summed E-state index contributed by atoms with van der Waals surface area (Å²) in [6.07, 6.45) is 17.4. The van der Waals surface area contributed by atoms with Gasteiger partial charge in [-0.1, -0.05) is 30.5 Å². The van der Waals surface area contributed by atoms with Crippen LogP contribution in [0, 0.1) is 40.9 Å². The molecule has 0 radical (unpaired) electrons. The van der Waals surface area contributed by atoms with Crippen molar-refractivity contribution in [3.63, 3.8) is 0 Å². The third kappa shape index (κ3) is 1.79. The summed E-state index contributed by atoms with van der Waals surface area (Å²) < 4.78 is 5.43. The molecule has 132 valence electrons. The molecule has 25 heavy (non-hydrogen) atoms. The van der Waals surface area contributed by atoms with Crippen LogP contribution in [0.25, 0.3) is 6.08 Å². The van der Waals surface area contributed by atoms with E-state index in [1.807, 2.05) is 6.20 Å². The van der Waals surface area contributed by atoms with E-state index in [4.69, 9.17) is 10.9 Å². The second-order valence-corrected chi connectivity index (χ2v) is 9.39. The molecule has 4 aliphatic carbocycles. The van der Waals surface area contributed by atoms with Gasteiger partial charge in [0.15, 0.2) is 5.76 Å². The average molecular weight is 337 g/mol. The number of aromatic nitrogens is 1. The van der Waals surface area contributed by atoms with Crippen molar-refractivity contribution in [2.24, 2.45) is 28.6 Å². The van der Waals surface area contributed by atoms with Gasteiger partial charge in [-0.25, -0.2) is 0 Å². The molecule has 0 spiro atoms. The van der Waals surface area contributed by atoms with Crippen molar-refractivity contribution in [1.82, 2.24) is 5.16 Å². The molecule has 1 N–H and O–H groups in total. The van der Waals surface area contributed by atoms with E-state index in [1.54, 1.807) is 5.57 Å². The molecule has 3 fully saturated rings. The van der Waals surface area contributed by atoms with Gasteiger partial charge >= 0.3 is 0 Å². The van der Waals surface area contributed by atoms with E-state index >= 15 is 0 Å². The van der Waals surface area contributed by atoms with Gasteiger partial charge in [-0.15, -0.1) is 6.42 Å². The highest BCUT2D eigenvalue weighted by Crippen LogP contribution is 2.67. The fourth-order valence-electron chi connectivity index (χ4n) is 7.14. The molecule has 3 saturated carbocycles. The number of hydrogen-bond donors (Lipinski definition) is 1. The van der Waals surface area contributed by atoms with Crippen LogP contribution in [0.1, 0.15) is 63.7 Å². The van der Waals surface area contributed by atoms with Gasteiger partial charge in [0, 0.05) is 11.0 Å². The zero-order chi connectivity index (χ0) is 17.4. The minimum atomic E-state index is -0.909. The minimum Gasteiger partial charge on any atom is -0.377 e. The summed E-state index contributed by atoms with van der Waals surface area (Å²) in [6.45, 7) is 4.71. The van der Waals surface area contributed by atoms with Crippen LogP contribution >= 0.6 is 0 Å². The molecular formula is C22H27NO2. The molecule has 0 saturated heterocycles. The van der Waals surface area contributed by atoms with Gasteiger partial charge in [-0.2, -0.15) is 0 Å². The second kappa shape index (κ2) is 4.80. The van der Waals surface area contributed by atoms with E-state index in [0.717, 1.165) is 44.3 Å². The van der Waals surface area contributed by atoms with Crippen molar-refractivity contribution in [2.45, 2.75) is 64.4 Å². The van der Waals surface area contributed by atoms with Crippen molar-refractivity contribution in [1.29, 1.82) is 0 Å². The first kappa shape index (κ1) is 15.7. The van der Waals surface area contributed by atoms with Gasteiger partial charge in [0.1, 0.15) is 5.60 Å². The van der Waals surface area contributed by atoms with E-state index in [0.29, 0.717) is 17.8 Å². The Hall–Kier alpha value is -1.53. The third-order valence-corrected chi connectivity index (χ3v) is 8.67. The van der Waals surface area contributed by atoms with Gasteiger partial charge in [0.2, 0.25) is 0 Å². The highest BCUT2D eigenvalue weighted by atomic mass is 16.5. The van der Waals surface area contributed by atoms with Crippen molar-refractivity contribution < 1.29 is 9.63 Å². The van der Waals surface area contributed by atoms with Crippen molar-refractivity contribution in [3.05, 3.63) is 23.1 Å². The van der Waals surface area contributed by atoms with Crippen LogP contribution in [0.15, 0.2) is 16.3 Å². The fourth-order valence-corrected chi connectivity index (χ4v) is 7.14. The lowest BCUT2D eigenvalue weighted by Gasteiger charge is -2.58. The van der Waals surface area contributed by atoms with Crippen LogP contribution in [0.3, 0.4) is 0 Å². The maximum Gasteiger partial charge on any atom is 0.162 e. The molecule has 0 aliphatic heterocycles. The Morgan fingerprint density at radius 3 is 2.84 bits per heavy atom. The summed E-state index contributed by atoms with van der Waals surface area (Å²) in [4.78, 5) is 0. The molecule has 4 aliphatic rings. The number of aliphatic hydroxyl groups is 1. The predicted molar refractivity (Wildman–Crippen MR) is 96.4 cm³/mol. The Morgan fingerprint density at radius 2 is 2.04 bits per heavy atom. The number of terminal acetylenes is 1. The normalized spacial score (nSPS) is 47.8. The van der Waals surface area contributed by atoms with Gasteiger partial charge in [-0.05, 0) is 74.2 Å². The predicted octanol–water partition coefficient (Wildman–Crippen LogP) is 4.22. The summed E-state index contributed by atoms with van der Waals surface area (Å²) in [6, 6.07) is 0. The SMILES string of the molecule is C#C[C@]1(O)CC[C@H]2[C@@H]3CCC4=Cc5oncc5CC4(C)[C@H]3CCC21C. The van der Waals surface area contributed by atoms with E-state index in [9.17, 15) is 5.11 Å². The molecule has 1 aromatic heterocycles. The lowest BCUT2D eigenvalue weighted by molar-refractivity contribution is -0.0975. The van der Waals surface area contributed by atoms with Crippen LogP contribution in [0.4, 0.5) is 0 Å². The minimum absolute atomic E-state index is 0.114. The monoisotopic (exact) mass is 337 g/mol. The van der Waals surface area contributed by atoms with E-state index in [-0.39, 0.29) is 10.8 Å². The van der Waals surface area contributed by atoms with Crippen LogP contribution < -0.4 is 0 Å². The topological polar surface area (TPSA) is 46.3 Å². The van der Waals surface area contributed by atoms with Gasteiger partial charge in [-0.3, -0.25) is 0 Å². The zero-order valence-corrected chi connectivity index (χ0v) is 15.2. The average Bonchev–Trinajstić information content (AvgIpc) is 3.14. The second-order valence-electron chi connectivity index (χ2n) is 9.39. The van der Waals surface area contributed by atoms with Crippen molar-refractivity contribution >= 4 is 6.08 Å². The highest BCUT2D eigenvalue weighted by Gasteiger charge is 2.63. The van der Waals surface area contributed by atoms with Crippen LogP contribution in [-0.4, -0.2) is 15.9 Å². The Bertz CT molecular complexity index is 801. The van der Waals surface area contributed by atoms with E-state index in [2.05, 4.69) is 31.0 Å². The smallest absolute Gasteiger partial charge is 0.162 e. The van der Waals surface area contributed by atoms with Crippen LogP contribution in [-0.2, 0) is 6.42 Å². The number of nitrogens with zero attached hydrogens (tertiary/aromatic N) is 1. The fraction of sp³-hybridized carbons (Fsp3) is 0.682. The third-order valence-electron chi connectivity index (χ3n) is 8.67. The lowest BCUT2D eigenvalue weighted by Crippen LogP contribution is -2.54. The molecule has 3 nitrogen and oxygen atoms in total. The first-order chi connectivity index (χ1) is 11.9. The highest BCUT2D eigenvalue weighted by molar-refractivity contribution is 5.57. The van der Waals surface area contributed by atoms with Gasteiger partial charge in [0.25, 0.3) is 0 Å². The Balaban J connectivity index is 1.53. The van der Waals surface area contributed by atoms with E-state index in [1.165, 1.54) is 12.0 Å². The summed E-state index contributed by atoms with van der Waals surface area (Å²) in [5.74, 6) is 5.64. The molecule has 3 heteroatoms. The molecule has 5 rings (SSSR count). The Labute approximate surface area is 149 Å². The number of fused-ring (bicyclic) bond motifs is 6. The van der Waals surface area contributed by atoms with E-state index < -0.39 is 5.60 Å². The molecule has 0 bridgehead atoms. The van der Waals surface area contributed by atoms with Crippen molar-refractivity contribution in [3.8, 4) is 12.3 Å². The molecule has 0 amide bonds. The molecular weight excluding hydrogens is 310 g/mol. The summed E-state index contributed by atoms with van der Waals surface area (Å²) in [5, 5.41) is 15.1.